The van der Waals surface area contributed by atoms with E-state index in [2.05, 4.69) is 4.98 Å². The van der Waals surface area contributed by atoms with Gasteiger partial charge in [0, 0.05) is 27.6 Å². The van der Waals surface area contributed by atoms with Gasteiger partial charge < -0.3 is 19.9 Å². The van der Waals surface area contributed by atoms with Crippen molar-refractivity contribution in [2.45, 2.75) is 0 Å². The number of aldehydes is 1. The Morgan fingerprint density at radius 1 is 1.11 bits per heavy atom. The molecule has 6 nitrogen and oxygen atoms in total. The summed E-state index contributed by atoms with van der Waals surface area (Å²) in [6, 6.07) is 6.10. The molecule has 140 valence electrons. The number of hydrogen-bond acceptors (Lipinski definition) is 7. The molecule has 0 fully saturated rings. The molecule has 2 aromatic carbocycles. The highest BCUT2D eigenvalue weighted by molar-refractivity contribution is 7.13. The summed E-state index contributed by atoms with van der Waals surface area (Å²) in [6.45, 7) is 0. The summed E-state index contributed by atoms with van der Waals surface area (Å²) in [5.41, 5.74) is 7.50. The van der Waals surface area contributed by atoms with Crippen LogP contribution in [0, 0.1) is 5.82 Å². The van der Waals surface area contributed by atoms with Gasteiger partial charge in [-0.15, -0.1) is 11.3 Å². The number of nitrogens with two attached hydrogens (primary N) is 1. The lowest BCUT2D eigenvalue weighted by Crippen LogP contribution is -2.01. The lowest BCUT2D eigenvalue weighted by Gasteiger charge is -2.18. The molecule has 0 aliphatic rings. The van der Waals surface area contributed by atoms with Gasteiger partial charge in [0.15, 0.2) is 22.9 Å². The summed E-state index contributed by atoms with van der Waals surface area (Å²) in [5, 5.41) is 2.15. The Labute approximate surface area is 159 Å². The Kier molecular flexibility index (Phi) is 5.27. The van der Waals surface area contributed by atoms with Crippen LogP contribution in [-0.4, -0.2) is 32.6 Å². The zero-order valence-corrected chi connectivity index (χ0v) is 15.7. The smallest absolute Gasteiger partial charge is 0.203 e. The van der Waals surface area contributed by atoms with Gasteiger partial charge in [0.05, 0.1) is 27.0 Å². The van der Waals surface area contributed by atoms with E-state index in [0.29, 0.717) is 28.4 Å². The minimum absolute atomic E-state index is 0.196. The fourth-order valence-electron chi connectivity index (χ4n) is 2.84. The van der Waals surface area contributed by atoms with Crippen molar-refractivity contribution in [3.05, 3.63) is 41.0 Å². The Morgan fingerprint density at radius 2 is 1.85 bits per heavy atom. The molecule has 0 atom stereocenters. The van der Waals surface area contributed by atoms with Gasteiger partial charge in [-0.2, -0.15) is 0 Å². The highest BCUT2D eigenvalue weighted by atomic mass is 32.1. The first-order valence-electron chi connectivity index (χ1n) is 7.83. The molecule has 1 heterocycles. The second-order valence-electron chi connectivity index (χ2n) is 5.49. The maximum absolute atomic E-state index is 15.0. The summed E-state index contributed by atoms with van der Waals surface area (Å²) in [7, 11) is 4.30. The van der Waals surface area contributed by atoms with Crippen LogP contribution in [0.15, 0.2) is 29.6 Å². The van der Waals surface area contributed by atoms with Gasteiger partial charge in [-0.05, 0) is 12.1 Å². The average molecular weight is 388 g/mol. The van der Waals surface area contributed by atoms with E-state index in [-0.39, 0.29) is 28.2 Å². The standard InChI is InChI=1S/C19H17FN2O4S/c1-24-15-7-11(8-23)16(18(26-3)17(15)25-2)12-5-4-10(6-13(12)20)14-9-27-19(21)22-14/h4-9H,1-3H3,(H2,21,22). The van der Waals surface area contributed by atoms with Crippen molar-refractivity contribution >= 4 is 22.8 Å². The second-order valence-corrected chi connectivity index (χ2v) is 6.38. The van der Waals surface area contributed by atoms with Crippen LogP contribution in [0.1, 0.15) is 10.4 Å². The number of nitrogens with zero attached hydrogens (tertiary/aromatic N) is 1. The molecule has 0 saturated carbocycles. The predicted molar refractivity (Wildman–Crippen MR) is 102 cm³/mol. The van der Waals surface area contributed by atoms with E-state index in [9.17, 15) is 9.18 Å². The highest BCUT2D eigenvalue weighted by Crippen LogP contribution is 2.47. The van der Waals surface area contributed by atoms with Crippen LogP contribution >= 0.6 is 11.3 Å². The highest BCUT2D eigenvalue weighted by Gasteiger charge is 2.24. The monoisotopic (exact) mass is 388 g/mol. The van der Waals surface area contributed by atoms with Crippen LogP contribution in [-0.2, 0) is 0 Å². The van der Waals surface area contributed by atoms with E-state index in [1.807, 2.05) is 0 Å². The molecule has 0 aliphatic heterocycles. The van der Waals surface area contributed by atoms with Crippen molar-refractivity contribution in [3.8, 4) is 39.6 Å². The molecule has 8 heteroatoms. The molecule has 3 rings (SSSR count). The van der Waals surface area contributed by atoms with E-state index in [1.165, 1.54) is 44.8 Å². The maximum atomic E-state index is 15.0. The molecular weight excluding hydrogens is 371 g/mol. The Balaban J connectivity index is 2.22. The first-order valence-corrected chi connectivity index (χ1v) is 8.71. The quantitative estimate of drug-likeness (QED) is 0.642. The van der Waals surface area contributed by atoms with Gasteiger partial charge >= 0.3 is 0 Å². The Morgan fingerprint density at radius 3 is 2.37 bits per heavy atom. The number of carbonyl (C=O) groups excluding carboxylic acids is 1. The average Bonchev–Trinajstić information content (AvgIpc) is 3.12. The number of nitrogen functional groups attached to an aromatic ring is 1. The number of carbonyl (C=O) groups is 1. The van der Waals surface area contributed by atoms with E-state index in [0.717, 1.165) is 0 Å². The normalized spacial score (nSPS) is 10.5. The van der Waals surface area contributed by atoms with Crippen LogP contribution in [0.5, 0.6) is 17.2 Å². The van der Waals surface area contributed by atoms with Gasteiger partial charge in [-0.1, -0.05) is 12.1 Å². The number of rotatable bonds is 6. The first kappa shape index (κ1) is 18.7. The van der Waals surface area contributed by atoms with Crippen LogP contribution in [0.25, 0.3) is 22.4 Å². The molecule has 0 bridgehead atoms. The van der Waals surface area contributed by atoms with Crippen molar-refractivity contribution in [2.75, 3.05) is 27.1 Å². The summed E-state index contributed by atoms with van der Waals surface area (Å²) in [5.74, 6) is 0.266. The van der Waals surface area contributed by atoms with Crippen molar-refractivity contribution in [2.24, 2.45) is 0 Å². The van der Waals surface area contributed by atoms with E-state index < -0.39 is 5.82 Å². The summed E-state index contributed by atoms with van der Waals surface area (Å²) < 4.78 is 31.0. The molecule has 0 spiro atoms. The number of hydrogen-bond donors (Lipinski definition) is 1. The number of aromatic nitrogens is 1. The molecule has 27 heavy (non-hydrogen) atoms. The molecule has 0 radical (unpaired) electrons. The molecule has 2 N–H and O–H groups in total. The zero-order valence-electron chi connectivity index (χ0n) is 14.9. The fraction of sp³-hybridized carbons (Fsp3) is 0.158. The van der Waals surface area contributed by atoms with Crippen molar-refractivity contribution in [3.63, 3.8) is 0 Å². The number of thiazole rings is 1. The summed E-state index contributed by atoms with van der Waals surface area (Å²) in [4.78, 5) is 15.8. The summed E-state index contributed by atoms with van der Waals surface area (Å²) >= 11 is 1.27. The van der Waals surface area contributed by atoms with Crippen LogP contribution in [0.2, 0.25) is 0 Å². The van der Waals surface area contributed by atoms with Crippen LogP contribution in [0.3, 0.4) is 0 Å². The third kappa shape index (κ3) is 3.31. The fourth-order valence-corrected chi connectivity index (χ4v) is 3.42. The molecule has 0 aliphatic carbocycles. The zero-order chi connectivity index (χ0) is 19.6. The van der Waals surface area contributed by atoms with E-state index in [1.54, 1.807) is 17.5 Å². The van der Waals surface area contributed by atoms with Gasteiger partial charge in [0.25, 0.3) is 0 Å². The first-order chi connectivity index (χ1) is 13.0. The predicted octanol–water partition coefficient (Wildman–Crippen LogP) is 4.04. The molecule has 1 aromatic heterocycles. The number of methoxy groups -OCH3 is 3. The minimum atomic E-state index is -0.535. The second kappa shape index (κ2) is 7.63. The molecule has 0 unspecified atom stereocenters. The van der Waals surface area contributed by atoms with E-state index >= 15 is 0 Å². The number of halogens is 1. The van der Waals surface area contributed by atoms with Gasteiger partial charge in [0.2, 0.25) is 5.75 Å². The van der Waals surface area contributed by atoms with Crippen molar-refractivity contribution in [1.29, 1.82) is 0 Å². The maximum Gasteiger partial charge on any atom is 0.203 e. The largest absolute Gasteiger partial charge is 0.493 e. The van der Waals surface area contributed by atoms with Crippen molar-refractivity contribution < 1.29 is 23.4 Å². The van der Waals surface area contributed by atoms with Gasteiger partial charge in [-0.25, -0.2) is 9.37 Å². The SMILES string of the molecule is COc1cc(C=O)c(-c2ccc(-c3csc(N)n3)cc2F)c(OC)c1OC. The third-order valence-corrected chi connectivity index (χ3v) is 4.72. The van der Waals surface area contributed by atoms with Gasteiger partial charge in [-0.3, -0.25) is 4.79 Å². The number of ether oxygens (including phenoxy) is 3. The molecule has 3 aromatic rings. The van der Waals surface area contributed by atoms with E-state index in [4.69, 9.17) is 19.9 Å². The number of benzene rings is 2. The number of anilines is 1. The van der Waals surface area contributed by atoms with Crippen LogP contribution < -0.4 is 19.9 Å². The minimum Gasteiger partial charge on any atom is -0.493 e. The van der Waals surface area contributed by atoms with Gasteiger partial charge in [0.1, 0.15) is 5.82 Å². The molecular formula is C19H17FN2O4S. The molecule has 0 saturated heterocycles. The Hall–Kier alpha value is -3.13. The summed E-state index contributed by atoms with van der Waals surface area (Å²) in [6.07, 6.45) is 0.619. The van der Waals surface area contributed by atoms with Crippen LogP contribution in [0.4, 0.5) is 9.52 Å². The lowest BCUT2D eigenvalue weighted by atomic mass is 9.96. The third-order valence-electron chi connectivity index (χ3n) is 4.04. The lowest BCUT2D eigenvalue weighted by molar-refractivity contribution is 0.112. The Bertz CT molecular complexity index is 1000. The van der Waals surface area contributed by atoms with Crippen molar-refractivity contribution in [1.82, 2.24) is 4.98 Å². The molecule has 0 amide bonds. The topological polar surface area (TPSA) is 83.7 Å².